The van der Waals surface area contributed by atoms with Gasteiger partial charge in [-0.2, -0.15) is 18.3 Å². The van der Waals surface area contributed by atoms with E-state index in [9.17, 15) is 22.8 Å². The van der Waals surface area contributed by atoms with Crippen molar-refractivity contribution in [2.75, 3.05) is 0 Å². The molecule has 1 saturated heterocycles. The van der Waals surface area contributed by atoms with Crippen LogP contribution in [0, 0.1) is 0 Å². The highest BCUT2D eigenvalue weighted by molar-refractivity contribution is 8.15. The molecule has 0 radical (unpaired) electrons. The number of rotatable bonds is 5. The molecule has 24 heavy (non-hydrogen) atoms. The fraction of sp³-hybridized carbons (Fsp3) is 0.286. The number of carbonyl (C=O) groups excluding carboxylic acids is 1. The number of hydrogen-bond donors (Lipinski definition) is 2. The summed E-state index contributed by atoms with van der Waals surface area (Å²) >= 11 is 0.939. The van der Waals surface area contributed by atoms with Gasteiger partial charge in [0.15, 0.2) is 5.17 Å². The summed E-state index contributed by atoms with van der Waals surface area (Å²) in [6.45, 7) is 0. The Morgan fingerprint density at radius 1 is 1.42 bits per heavy atom. The van der Waals surface area contributed by atoms with Crippen molar-refractivity contribution >= 4 is 35.0 Å². The van der Waals surface area contributed by atoms with E-state index in [0.717, 1.165) is 11.8 Å². The number of hydrogen-bond acceptors (Lipinski definition) is 5. The normalized spacial score (nSPS) is 19.9. The van der Waals surface area contributed by atoms with Crippen LogP contribution < -0.4 is 5.32 Å². The van der Waals surface area contributed by atoms with Crippen molar-refractivity contribution in [3.05, 3.63) is 35.4 Å². The van der Waals surface area contributed by atoms with Crippen LogP contribution >= 0.6 is 11.8 Å². The highest BCUT2D eigenvalue weighted by Crippen LogP contribution is 2.23. The third-order valence-corrected chi connectivity index (χ3v) is 3.92. The van der Waals surface area contributed by atoms with Crippen LogP contribution in [0.15, 0.2) is 34.5 Å². The lowest BCUT2D eigenvalue weighted by molar-refractivity contribution is -0.138. The number of thioether (sulfide) groups is 1. The predicted molar refractivity (Wildman–Crippen MR) is 83.0 cm³/mol. The molecule has 0 aromatic heterocycles. The minimum Gasteiger partial charge on any atom is -0.481 e. The molecule has 1 aliphatic rings. The van der Waals surface area contributed by atoms with Crippen LogP contribution in [0.2, 0.25) is 0 Å². The van der Waals surface area contributed by atoms with Crippen LogP contribution in [-0.2, 0) is 16.0 Å². The molecule has 1 unspecified atom stereocenters. The Bertz CT molecular complexity index is 704. The fourth-order valence-electron chi connectivity index (χ4n) is 1.91. The first kappa shape index (κ1) is 18.0. The molecule has 1 aromatic carbocycles. The number of carboxylic acids is 1. The molecule has 6 nitrogen and oxygen atoms in total. The van der Waals surface area contributed by atoms with Crippen molar-refractivity contribution < 1.29 is 27.9 Å². The van der Waals surface area contributed by atoms with E-state index < -0.39 is 29.7 Å². The topological polar surface area (TPSA) is 91.1 Å². The number of carbonyl (C=O) groups is 2. The quantitative estimate of drug-likeness (QED) is 0.623. The number of amidine groups is 1. The second-order valence-electron chi connectivity index (χ2n) is 4.88. The summed E-state index contributed by atoms with van der Waals surface area (Å²) < 4.78 is 37.1. The van der Waals surface area contributed by atoms with Gasteiger partial charge < -0.3 is 10.4 Å². The molecule has 0 saturated carbocycles. The van der Waals surface area contributed by atoms with E-state index >= 15 is 0 Å². The van der Waals surface area contributed by atoms with E-state index in [1.165, 1.54) is 24.4 Å². The number of carboxylic acid groups (broad SMARTS) is 1. The monoisotopic (exact) mass is 359 g/mol. The second-order valence-corrected chi connectivity index (χ2v) is 6.07. The van der Waals surface area contributed by atoms with Crippen molar-refractivity contribution in [1.82, 2.24) is 5.32 Å². The summed E-state index contributed by atoms with van der Waals surface area (Å²) in [5.74, 6) is -1.57. The number of amides is 1. The Morgan fingerprint density at radius 3 is 2.83 bits per heavy atom. The van der Waals surface area contributed by atoms with E-state index in [2.05, 4.69) is 15.5 Å². The van der Waals surface area contributed by atoms with Crippen LogP contribution in [0.1, 0.15) is 17.5 Å². The summed E-state index contributed by atoms with van der Waals surface area (Å²) in [7, 11) is 0. The van der Waals surface area contributed by atoms with E-state index in [1.807, 2.05) is 0 Å². The zero-order chi connectivity index (χ0) is 17.7. The number of benzene rings is 1. The third kappa shape index (κ3) is 5.69. The fourth-order valence-corrected chi connectivity index (χ4v) is 2.82. The minimum absolute atomic E-state index is 0.101. The van der Waals surface area contributed by atoms with Crippen LogP contribution in [0.3, 0.4) is 0 Å². The average Bonchev–Trinajstić information content (AvgIpc) is 2.77. The van der Waals surface area contributed by atoms with Gasteiger partial charge in [-0.15, -0.1) is 5.10 Å². The maximum absolute atomic E-state index is 12.4. The van der Waals surface area contributed by atoms with Gasteiger partial charge in [-0.1, -0.05) is 30.0 Å². The van der Waals surface area contributed by atoms with Crippen molar-refractivity contribution in [1.29, 1.82) is 0 Å². The largest absolute Gasteiger partial charge is 0.481 e. The summed E-state index contributed by atoms with van der Waals surface area (Å²) in [4.78, 5) is 22.1. The van der Waals surface area contributed by atoms with E-state index in [4.69, 9.17) is 5.11 Å². The molecule has 128 valence electrons. The molecule has 10 heteroatoms. The first-order valence-electron chi connectivity index (χ1n) is 6.69. The number of alkyl halides is 3. The first-order valence-corrected chi connectivity index (χ1v) is 7.57. The molecule has 2 rings (SSSR count). The van der Waals surface area contributed by atoms with Gasteiger partial charge in [0.1, 0.15) is 5.25 Å². The summed E-state index contributed by atoms with van der Waals surface area (Å²) in [5.41, 5.74) is 0.529. The maximum Gasteiger partial charge on any atom is 0.393 e. The highest BCUT2D eigenvalue weighted by atomic mass is 32.2. The standard InChI is InChI=1S/C14H12F3N3O3S/c15-14(16,17)6-8-2-1-3-9(4-8)7-18-20-13-19-12(23)10(24-13)5-11(21)22/h1-4,7,10H,5-6H2,(H,21,22)(H,19,20,23). The van der Waals surface area contributed by atoms with Crippen molar-refractivity contribution in [3.8, 4) is 0 Å². The second kappa shape index (κ2) is 7.47. The van der Waals surface area contributed by atoms with Gasteiger partial charge in [-0.3, -0.25) is 9.59 Å². The van der Waals surface area contributed by atoms with Crippen LogP contribution in [-0.4, -0.2) is 39.8 Å². The van der Waals surface area contributed by atoms with Crippen molar-refractivity contribution in [2.45, 2.75) is 24.3 Å². The van der Waals surface area contributed by atoms with Gasteiger partial charge in [0.25, 0.3) is 0 Å². The van der Waals surface area contributed by atoms with Gasteiger partial charge in [-0.05, 0) is 17.2 Å². The zero-order valence-electron chi connectivity index (χ0n) is 12.1. The molecular formula is C14H12F3N3O3S. The van der Waals surface area contributed by atoms with Crippen LogP contribution in [0.5, 0.6) is 0 Å². The molecule has 0 bridgehead atoms. The molecule has 0 aliphatic carbocycles. The van der Waals surface area contributed by atoms with Gasteiger partial charge in [0, 0.05) is 0 Å². The van der Waals surface area contributed by atoms with Gasteiger partial charge in [0.05, 0.1) is 19.1 Å². The van der Waals surface area contributed by atoms with Gasteiger partial charge >= 0.3 is 12.1 Å². The molecule has 1 heterocycles. The van der Waals surface area contributed by atoms with Gasteiger partial charge in [-0.25, -0.2) is 0 Å². The van der Waals surface area contributed by atoms with Crippen LogP contribution in [0.4, 0.5) is 13.2 Å². The lowest BCUT2D eigenvalue weighted by atomic mass is 10.1. The van der Waals surface area contributed by atoms with E-state index in [-0.39, 0.29) is 17.2 Å². The average molecular weight is 359 g/mol. The van der Waals surface area contributed by atoms with Crippen molar-refractivity contribution in [2.24, 2.45) is 10.2 Å². The Hall–Kier alpha value is -2.36. The lowest BCUT2D eigenvalue weighted by Crippen LogP contribution is -2.26. The number of nitrogens with one attached hydrogen (secondary N) is 1. The number of nitrogens with zero attached hydrogens (tertiary/aromatic N) is 2. The Morgan fingerprint density at radius 2 is 2.17 bits per heavy atom. The molecule has 1 fully saturated rings. The van der Waals surface area contributed by atoms with E-state index in [0.29, 0.717) is 5.56 Å². The maximum atomic E-state index is 12.4. The smallest absolute Gasteiger partial charge is 0.393 e. The third-order valence-electron chi connectivity index (χ3n) is 2.85. The minimum atomic E-state index is -4.29. The molecule has 0 spiro atoms. The lowest BCUT2D eigenvalue weighted by Gasteiger charge is -2.06. The molecule has 2 N–H and O–H groups in total. The Kier molecular flexibility index (Phi) is 5.60. The Balaban J connectivity index is 2.00. The number of aliphatic carboxylic acids is 1. The van der Waals surface area contributed by atoms with Gasteiger partial charge in [0.2, 0.25) is 5.91 Å². The SMILES string of the molecule is O=C(O)CC1SC(=NN=Cc2cccc(CC(F)(F)F)c2)NC1=O. The summed E-state index contributed by atoms with van der Waals surface area (Å²) in [6, 6.07) is 5.74. The van der Waals surface area contributed by atoms with E-state index in [1.54, 1.807) is 6.07 Å². The summed E-state index contributed by atoms with van der Waals surface area (Å²) in [5, 5.41) is 17.9. The predicted octanol–water partition coefficient (Wildman–Crippen LogP) is 2.19. The summed E-state index contributed by atoms with van der Waals surface area (Å²) in [6.07, 6.45) is -4.41. The first-order chi connectivity index (χ1) is 11.2. The van der Waals surface area contributed by atoms with Crippen LogP contribution in [0.25, 0.3) is 0 Å². The molecule has 1 atom stereocenters. The molecule has 1 aromatic rings. The molecule has 1 amide bonds. The zero-order valence-corrected chi connectivity index (χ0v) is 12.9. The number of halogens is 3. The van der Waals surface area contributed by atoms with Crippen molar-refractivity contribution in [3.63, 3.8) is 0 Å². The molecular weight excluding hydrogens is 347 g/mol. The Labute approximate surface area is 138 Å². The highest BCUT2D eigenvalue weighted by Gasteiger charge is 2.32. The molecule has 1 aliphatic heterocycles.